The van der Waals surface area contributed by atoms with Gasteiger partial charge in [0.1, 0.15) is 0 Å². The van der Waals surface area contributed by atoms with Crippen molar-refractivity contribution in [3.8, 4) is 0 Å². The van der Waals surface area contributed by atoms with Gasteiger partial charge < -0.3 is 78.9 Å². The Kier molecular flexibility index (Phi) is 23.6. The number of aliphatic hydroxyl groups is 3. The summed E-state index contributed by atoms with van der Waals surface area (Å²) in [7, 11) is -44.5. The molecule has 3 N–H and O–H groups in total. The van der Waals surface area contributed by atoms with Gasteiger partial charge in [-0.3, -0.25) is 0 Å². The molecular formula is C63H86O18Si10. The molecule has 486 valence electrons. The lowest BCUT2D eigenvalue weighted by Crippen LogP contribution is -2.92. The van der Waals surface area contributed by atoms with Crippen LogP contribution in [0.5, 0.6) is 0 Å². The summed E-state index contributed by atoms with van der Waals surface area (Å²) >= 11 is 0. The molecule has 91 heavy (non-hydrogen) atoms. The number of aliphatic hydroxyl groups excluding tert-OH is 3. The molecule has 0 spiro atoms. The van der Waals surface area contributed by atoms with Gasteiger partial charge in [0.25, 0.3) is 0 Å². The van der Waals surface area contributed by atoms with Gasteiger partial charge in [-0.15, -0.1) is 0 Å². The third-order valence-corrected chi connectivity index (χ3v) is 56.6. The van der Waals surface area contributed by atoms with Gasteiger partial charge in [-0.2, -0.15) is 0 Å². The van der Waals surface area contributed by atoms with Crippen LogP contribution in [0.15, 0.2) is 212 Å². The van der Waals surface area contributed by atoms with Crippen molar-refractivity contribution in [2.24, 2.45) is 0 Å². The highest BCUT2D eigenvalue weighted by atomic mass is 28.6. The Bertz CT molecular complexity index is 2990. The number of hydrogen-bond donors (Lipinski definition) is 3. The van der Waals surface area contributed by atoms with Crippen LogP contribution in [0, 0.1) is 0 Å². The van der Waals surface area contributed by atoms with E-state index in [-0.39, 0.29) is 39.6 Å². The maximum absolute atomic E-state index is 9.75. The molecule has 7 aromatic rings. The SMILES string of the molecule is C[Si](C)(CCCOCCO)O[Si]1(c2ccccc2)O[Si]2(c3ccccc3)O[Si](O[Si](C)(C)CCCOCCO)(c3ccccc3)O[Si]3(c4ccccc4)O[Si](O[Si](C)(C)CCCOCCO)(c4ccccc4)O[Si](c4ccccc4)(O1)O[Si](c1ccccc1)(O2)O3. The molecule has 0 aromatic heterocycles. The number of fused-ring (bicyclic) bond motifs is 3. The van der Waals surface area contributed by atoms with Crippen molar-refractivity contribution in [3.63, 3.8) is 0 Å². The molecule has 0 amide bonds. The summed E-state index contributed by atoms with van der Waals surface area (Å²) in [6, 6.07) is 69.7. The Morgan fingerprint density at radius 3 is 0.648 bits per heavy atom. The summed E-state index contributed by atoms with van der Waals surface area (Å²) in [5.41, 5.74) is 0. The molecule has 3 saturated heterocycles. The van der Waals surface area contributed by atoms with Crippen LogP contribution >= 0.6 is 0 Å². The molecule has 18 nitrogen and oxygen atoms in total. The highest BCUT2D eigenvalue weighted by Gasteiger charge is 2.81. The van der Waals surface area contributed by atoms with E-state index >= 15 is 0 Å². The predicted molar refractivity (Wildman–Crippen MR) is 370 cm³/mol. The van der Waals surface area contributed by atoms with Crippen molar-refractivity contribution in [1.29, 1.82) is 0 Å². The van der Waals surface area contributed by atoms with Gasteiger partial charge in [0.2, 0.25) is 0 Å². The zero-order chi connectivity index (χ0) is 64.0. The largest absolute Gasteiger partial charge is 0.515 e. The molecule has 7 aromatic carbocycles. The van der Waals surface area contributed by atoms with E-state index in [0.717, 1.165) is 0 Å². The number of rotatable bonds is 31. The highest BCUT2D eigenvalue weighted by molar-refractivity contribution is 7.11. The van der Waals surface area contributed by atoms with E-state index < -0.39 is 86.6 Å². The summed E-state index contributed by atoms with van der Waals surface area (Å²) < 4.78 is 119. The van der Waals surface area contributed by atoms with Gasteiger partial charge in [0.15, 0.2) is 25.0 Å². The average Bonchev–Trinajstić information content (AvgIpc) is 0.685. The van der Waals surface area contributed by atoms with Crippen LogP contribution in [0.4, 0.5) is 0 Å². The molecule has 3 heterocycles. The molecule has 0 radical (unpaired) electrons. The maximum atomic E-state index is 9.75. The first-order chi connectivity index (χ1) is 43.9. The standard InChI is InChI=1S/C63H86O18Si10/c1-82(2,54-28-48-67-51-45-64)70-85(57-31-14-7-15-32-57)73-88(60-37-20-10-21-38-60)75-86(58-33-16-8-17-34-58,71-83(3,4)55-29-49-68-52-46-65)77-90(62-41-24-12-25-42-62)78-87(59-35-18-9-19-36-59,72-84(5,6)56-30-50-69-53-47-66)76-89(74-85,61-39-22-11-23-40-61)80-91(79-88,81-90)63-43-26-13-27-44-63/h7-27,31-44,64-66H,28-30,45-56H2,1-6H3. The molecule has 0 aliphatic carbocycles. The van der Waals surface area contributed by atoms with Crippen LogP contribution in [-0.2, 0) is 63.6 Å². The lowest BCUT2D eigenvalue weighted by atomic mass is 10.4. The summed E-state index contributed by atoms with van der Waals surface area (Å²) in [4.78, 5) is 0. The van der Waals surface area contributed by atoms with Crippen molar-refractivity contribution >= 4 is 123 Å². The zero-order valence-electron chi connectivity index (χ0n) is 52.8. The van der Waals surface area contributed by atoms with E-state index in [0.29, 0.717) is 93.5 Å². The fourth-order valence-corrected chi connectivity index (χ4v) is 62.5. The second-order valence-electron chi connectivity index (χ2n) is 24.3. The van der Waals surface area contributed by atoms with Gasteiger partial charge in [-0.05, 0) is 76.7 Å². The fourth-order valence-electron chi connectivity index (χ4n) is 11.3. The summed E-state index contributed by atoms with van der Waals surface area (Å²) in [6.07, 6.45) is 1.79. The molecule has 0 unspecified atom stereocenters. The Labute approximate surface area is 546 Å². The molecule has 0 saturated carbocycles. The van der Waals surface area contributed by atoms with Gasteiger partial charge in [0.05, 0.1) is 39.6 Å². The van der Waals surface area contributed by atoms with E-state index in [2.05, 4.69) is 39.3 Å². The average molecular weight is 1410 g/mol. The molecule has 10 rings (SSSR count). The molecule has 3 fully saturated rings. The smallest absolute Gasteiger partial charge is 0.413 e. The predicted octanol–water partition coefficient (Wildman–Crippen LogP) is 5.96. The Hall–Kier alpha value is -4.01. The second kappa shape index (κ2) is 30.8. The van der Waals surface area contributed by atoms with E-state index in [1.165, 1.54) is 0 Å². The van der Waals surface area contributed by atoms with E-state index in [9.17, 15) is 15.3 Å². The van der Waals surface area contributed by atoms with Gasteiger partial charge in [-0.1, -0.05) is 212 Å². The minimum atomic E-state index is -5.07. The quantitative estimate of drug-likeness (QED) is 0.0339. The van der Waals surface area contributed by atoms with Crippen LogP contribution in [0.2, 0.25) is 57.4 Å². The Morgan fingerprint density at radius 1 is 0.264 bits per heavy atom. The zero-order valence-corrected chi connectivity index (χ0v) is 62.8. The van der Waals surface area contributed by atoms with E-state index in [1.807, 2.05) is 212 Å². The maximum Gasteiger partial charge on any atom is 0.515 e. The minimum absolute atomic E-state index is 0.103. The van der Waals surface area contributed by atoms with Crippen molar-refractivity contribution in [2.75, 3.05) is 59.5 Å². The number of hydrogen-bond acceptors (Lipinski definition) is 18. The lowest BCUT2D eigenvalue weighted by molar-refractivity contribution is 0.0380. The minimum Gasteiger partial charge on any atom is -0.413 e. The first kappa shape index (κ1) is 69.8. The van der Waals surface area contributed by atoms with Gasteiger partial charge in [0, 0.05) is 56.1 Å². The van der Waals surface area contributed by atoms with Crippen LogP contribution in [0.1, 0.15) is 19.3 Å². The second-order valence-corrected chi connectivity index (χ2v) is 58.0. The van der Waals surface area contributed by atoms with Crippen molar-refractivity contribution in [2.45, 2.75) is 76.7 Å². The van der Waals surface area contributed by atoms with E-state index in [4.69, 9.17) is 63.6 Å². The molecule has 0 atom stereocenters. The summed E-state index contributed by atoms with van der Waals surface area (Å²) in [6.45, 7) is 14.3. The topological polar surface area (TPSA) is 199 Å². The van der Waals surface area contributed by atoms with Crippen LogP contribution in [0.25, 0.3) is 0 Å². The van der Waals surface area contributed by atoms with Crippen LogP contribution in [-0.4, -0.2) is 161 Å². The lowest BCUT2D eigenvalue weighted by Gasteiger charge is -2.59. The first-order valence-electron chi connectivity index (χ1n) is 31.3. The molecule has 3 aliphatic rings. The van der Waals surface area contributed by atoms with Crippen LogP contribution in [0.3, 0.4) is 0 Å². The van der Waals surface area contributed by atoms with Gasteiger partial charge in [-0.25, -0.2) is 0 Å². The highest BCUT2D eigenvalue weighted by Crippen LogP contribution is 2.45. The summed E-state index contributed by atoms with van der Waals surface area (Å²) in [5, 5.41) is 33.0. The Morgan fingerprint density at radius 2 is 0.451 bits per heavy atom. The monoisotopic (exact) mass is 1410 g/mol. The Balaban J connectivity index is 1.39. The summed E-state index contributed by atoms with van der Waals surface area (Å²) in [5.74, 6) is 0. The third-order valence-electron chi connectivity index (χ3n) is 15.5. The number of benzene rings is 7. The fraction of sp³-hybridized carbons (Fsp3) is 0.333. The van der Waals surface area contributed by atoms with Gasteiger partial charge >= 0.3 is 61.6 Å². The molecule has 4 bridgehead atoms. The molecule has 3 aliphatic heterocycles. The van der Waals surface area contributed by atoms with Crippen molar-refractivity contribution in [1.82, 2.24) is 0 Å². The first-order valence-corrected chi connectivity index (χ1v) is 52.7. The molecular weight excluding hydrogens is 1330 g/mol. The molecule has 28 heteroatoms. The van der Waals surface area contributed by atoms with E-state index in [1.54, 1.807) is 0 Å². The van der Waals surface area contributed by atoms with Crippen LogP contribution < -0.4 is 36.3 Å². The normalized spacial score (nSPS) is 26.3. The third kappa shape index (κ3) is 16.8. The number of ether oxygens (including phenoxy) is 3. The van der Waals surface area contributed by atoms with Crippen molar-refractivity contribution < 1.29 is 78.9 Å². The van der Waals surface area contributed by atoms with Crippen molar-refractivity contribution in [3.05, 3.63) is 212 Å².